The molecule has 2 heterocycles. The molecule has 5 nitrogen and oxygen atoms in total. The highest BCUT2D eigenvalue weighted by Gasteiger charge is 2.17. The number of rotatable bonds is 3. The SMILES string of the molecule is COC1=CC=c2ccc(=O)n(CC3OCCO3)c2=C=C1. The van der Waals surface area contributed by atoms with Crippen LogP contribution in [-0.4, -0.2) is 31.2 Å². The zero-order valence-corrected chi connectivity index (χ0v) is 11.2. The lowest BCUT2D eigenvalue weighted by atomic mass is 10.3. The molecule has 0 N–H and O–H groups in total. The van der Waals surface area contributed by atoms with Crippen molar-refractivity contribution < 1.29 is 14.2 Å². The van der Waals surface area contributed by atoms with Gasteiger partial charge in [-0.1, -0.05) is 5.73 Å². The Morgan fingerprint density at radius 3 is 2.90 bits per heavy atom. The lowest BCUT2D eigenvalue weighted by Crippen LogP contribution is -2.44. The van der Waals surface area contributed by atoms with E-state index in [1.165, 1.54) is 6.07 Å². The van der Waals surface area contributed by atoms with E-state index in [2.05, 4.69) is 5.73 Å². The predicted molar refractivity (Wildman–Crippen MR) is 73.2 cm³/mol. The third-order valence-corrected chi connectivity index (χ3v) is 3.25. The number of hydrogen-bond acceptors (Lipinski definition) is 4. The van der Waals surface area contributed by atoms with Gasteiger partial charge in [0.05, 0.1) is 32.2 Å². The van der Waals surface area contributed by atoms with Crippen LogP contribution in [0, 0.1) is 0 Å². The minimum atomic E-state index is -0.376. The number of aromatic nitrogens is 1. The molecule has 20 heavy (non-hydrogen) atoms. The molecule has 0 bridgehead atoms. The van der Waals surface area contributed by atoms with E-state index in [1.807, 2.05) is 12.2 Å². The highest BCUT2D eigenvalue weighted by molar-refractivity contribution is 5.46. The molecule has 1 saturated heterocycles. The smallest absolute Gasteiger partial charge is 0.251 e. The molecule has 0 atom stereocenters. The maximum absolute atomic E-state index is 12.1. The van der Waals surface area contributed by atoms with E-state index in [0.29, 0.717) is 30.9 Å². The van der Waals surface area contributed by atoms with Gasteiger partial charge in [-0.15, -0.1) is 0 Å². The van der Waals surface area contributed by atoms with Gasteiger partial charge in [0.15, 0.2) is 6.29 Å². The van der Waals surface area contributed by atoms with E-state index < -0.39 is 0 Å². The fraction of sp³-hybridized carbons (Fsp3) is 0.333. The number of nitrogens with zero attached hydrogens (tertiary/aromatic N) is 1. The Labute approximate surface area is 115 Å². The molecule has 0 unspecified atom stereocenters. The average Bonchev–Trinajstić information content (AvgIpc) is 2.87. The van der Waals surface area contributed by atoms with Crippen LogP contribution >= 0.6 is 0 Å². The van der Waals surface area contributed by atoms with Gasteiger partial charge in [-0.2, -0.15) is 0 Å². The molecule has 1 aromatic heterocycles. The van der Waals surface area contributed by atoms with Crippen LogP contribution < -0.4 is 16.1 Å². The Kier molecular flexibility index (Phi) is 3.56. The third-order valence-electron chi connectivity index (χ3n) is 3.25. The summed E-state index contributed by atoms with van der Waals surface area (Å²) in [7, 11) is 1.60. The predicted octanol–water partition coefficient (Wildman–Crippen LogP) is -0.519. The first-order chi connectivity index (χ1) is 9.78. The van der Waals surface area contributed by atoms with Crippen LogP contribution in [0.5, 0.6) is 0 Å². The van der Waals surface area contributed by atoms with Crippen LogP contribution in [0.1, 0.15) is 0 Å². The maximum atomic E-state index is 12.1. The van der Waals surface area contributed by atoms with Gasteiger partial charge >= 0.3 is 0 Å². The van der Waals surface area contributed by atoms with E-state index >= 15 is 0 Å². The normalized spacial score (nSPS) is 17.8. The molecule has 5 heteroatoms. The van der Waals surface area contributed by atoms with Crippen molar-refractivity contribution in [3.63, 3.8) is 0 Å². The number of allylic oxidation sites excluding steroid dienone is 2. The highest BCUT2D eigenvalue weighted by Crippen LogP contribution is 2.04. The average molecular weight is 273 g/mol. The molecule has 1 aliphatic carbocycles. The van der Waals surface area contributed by atoms with E-state index in [9.17, 15) is 4.79 Å². The second-order valence-corrected chi connectivity index (χ2v) is 4.49. The van der Waals surface area contributed by atoms with Crippen molar-refractivity contribution in [1.29, 1.82) is 0 Å². The van der Waals surface area contributed by atoms with Crippen molar-refractivity contribution in [1.82, 2.24) is 4.57 Å². The third kappa shape index (κ3) is 2.47. The topological polar surface area (TPSA) is 49.7 Å². The van der Waals surface area contributed by atoms with E-state index in [-0.39, 0.29) is 11.8 Å². The molecular formula is C15H15NO4. The van der Waals surface area contributed by atoms with Crippen molar-refractivity contribution in [3.05, 3.63) is 51.0 Å². The first-order valence-corrected chi connectivity index (χ1v) is 6.44. The summed E-state index contributed by atoms with van der Waals surface area (Å²) >= 11 is 0. The fourth-order valence-corrected chi connectivity index (χ4v) is 2.22. The standard InChI is InChI=1S/C15H15NO4/c1-18-12-4-2-11-3-7-14(17)16(13(11)6-5-12)10-15-19-8-9-20-15/h2-5,7,15H,8-10H2,1H3. The van der Waals surface area contributed by atoms with Gasteiger partial charge in [0.2, 0.25) is 0 Å². The molecular weight excluding hydrogens is 258 g/mol. The van der Waals surface area contributed by atoms with E-state index in [1.54, 1.807) is 23.8 Å². The Morgan fingerprint density at radius 2 is 2.15 bits per heavy atom. The van der Waals surface area contributed by atoms with Crippen molar-refractivity contribution in [2.24, 2.45) is 0 Å². The lowest BCUT2D eigenvalue weighted by molar-refractivity contribution is -0.0535. The van der Waals surface area contributed by atoms with Crippen molar-refractivity contribution in [2.45, 2.75) is 12.8 Å². The zero-order valence-electron chi connectivity index (χ0n) is 11.2. The van der Waals surface area contributed by atoms with Crippen LogP contribution in [0.3, 0.4) is 0 Å². The number of hydrogen-bond donors (Lipinski definition) is 0. The number of pyridine rings is 1. The van der Waals surface area contributed by atoms with Gasteiger partial charge in [0.25, 0.3) is 5.56 Å². The van der Waals surface area contributed by atoms with Crippen molar-refractivity contribution in [2.75, 3.05) is 20.3 Å². The summed E-state index contributed by atoms with van der Waals surface area (Å²) in [6.07, 6.45) is 5.08. The van der Waals surface area contributed by atoms with Gasteiger partial charge < -0.3 is 14.2 Å². The lowest BCUT2D eigenvalue weighted by Gasteiger charge is -2.11. The molecule has 0 radical (unpaired) electrons. The van der Waals surface area contributed by atoms with Gasteiger partial charge in [-0.05, 0) is 18.2 Å². The Hall–Kier alpha value is -2.07. The Morgan fingerprint density at radius 1 is 1.35 bits per heavy atom. The maximum Gasteiger partial charge on any atom is 0.251 e. The monoisotopic (exact) mass is 273 g/mol. The number of methoxy groups -OCH3 is 1. The Bertz CT molecular complexity index is 747. The molecule has 3 rings (SSSR count). The molecule has 0 amide bonds. The summed E-state index contributed by atoms with van der Waals surface area (Å²) in [6, 6.07) is 3.32. The van der Waals surface area contributed by atoms with E-state index in [0.717, 1.165) is 5.22 Å². The molecule has 0 aromatic carbocycles. The van der Waals surface area contributed by atoms with E-state index in [4.69, 9.17) is 14.2 Å². The second kappa shape index (κ2) is 5.51. The Balaban J connectivity index is 2.13. The van der Waals surface area contributed by atoms with Crippen LogP contribution in [0.15, 0.2) is 34.8 Å². The van der Waals surface area contributed by atoms with Gasteiger partial charge in [0, 0.05) is 17.4 Å². The van der Waals surface area contributed by atoms with Gasteiger partial charge in [-0.3, -0.25) is 9.36 Å². The van der Waals surface area contributed by atoms with Gasteiger partial charge in [0.1, 0.15) is 5.76 Å². The molecule has 1 fully saturated rings. The minimum Gasteiger partial charge on any atom is -0.496 e. The number of ether oxygens (including phenoxy) is 3. The molecule has 2 aliphatic rings. The summed E-state index contributed by atoms with van der Waals surface area (Å²) in [5.74, 6) is 0.688. The first-order valence-electron chi connectivity index (χ1n) is 6.44. The van der Waals surface area contributed by atoms with Crippen molar-refractivity contribution >= 4 is 11.8 Å². The van der Waals surface area contributed by atoms with Crippen LogP contribution in [0.2, 0.25) is 0 Å². The summed E-state index contributed by atoms with van der Waals surface area (Å²) in [4.78, 5) is 12.1. The summed E-state index contributed by atoms with van der Waals surface area (Å²) in [6.45, 7) is 1.49. The molecule has 0 saturated carbocycles. The molecule has 1 aromatic rings. The quantitative estimate of drug-likeness (QED) is 0.744. The summed E-state index contributed by atoms with van der Waals surface area (Å²) in [5, 5.41) is 1.62. The summed E-state index contributed by atoms with van der Waals surface area (Å²) in [5.41, 5.74) is 3.01. The van der Waals surface area contributed by atoms with Crippen LogP contribution in [0.25, 0.3) is 11.8 Å². The largest absolute Gasteiger partial charge is 0.496 e. The fourth-order valence-electron chi connectivity index (χ4n) is 2.22. The first kappa shape index (κ1) is 12.9. The van der Waals surface area contributed by atoms with Crippen LogP contribution in [-0.2, 0) is 20.8 Å². The molecule has 1 aliphatic heterocycles. The summed E-state index contributed by atoms with van der Waals surface area (Å²) < 4.78 is 17.6. The molecule has 0 spiro atoms. The highest BCUT2D eigenvalue weighted by atomic mass is 16.7. The minimum absolute atomic E-state index is 0.0991. The molecule has 104 valence electrons. The zero-order chi connectivity index (χ0) is 13.9. The van der Waals surface area contributed by atoms with Gasteiger partial charge in [-0.25, -0.2) is 0 Å². The number of fused-ring (bicyclic) bond motifs is 1. The van der Waals surface area contributed by atoms with Crippen LogP contribution in [0.4, 0.5) is 0 Å². The van der Waals surface area contributed by atoms with Crippen molar-refractivity contribution in [3.8, 4) is 0 Å². The second-order valence-electron chi connectivity index (χ2n) is 4.49.